The lowest BCUT2D eigenvalue weighted by Gasteiger charge is -2.31. The van der Waals surface area contributed by atoms with Crippen molar-refractivity contribution in [1.29, 1.82) is 0 Å². The molecule has 0 aliphatic carbocycles. The molecule has 3 nitrogen and oxygen atoms in total. The molecule has 1 rings (SSSR count). The number of hydrogen-bond acceptors (Lipinski definition) is 2. The first-order chi connectivity index (χ1) is 10.0. The molecule has 0 aliphatic rings. The molecule has 0 aliphatic heterocycles. The van der Waals surface area contributed by atoms with Gasteiger partial charge in [-0.3, -0.25) is 4.79 Å². The van der Waals surface area contributed by atoms with Gasteiger partial charge >= 0.3 is 0 Å². The van der Waals surface area contributed by atoms with Crippen LogP contribution >= 0.6 is 0 Å². The summed E-state index contributed by atoms with van der Waals surface area (Å²) in [5, 5.41) is 0. The van der Waals surface area contributed by atoms with Gasteiger partial charge in [-0.2, -0.15) is 0 Å². The third-order valence-electron chi connectivity index (χ3n) is 4.96. The van der Waals surface area contributed by atoms with Crippen molar-refractivity contribution in [2.24, 2.45) is 5.73 Å². The molecule has 1 aromatic rings. The summed E-state index contributed by atoms with van der Waals surface area (Å²) in [4.78, 5) is 11.3. The van der Waals surface area contributed by atoms with Crippen LogP contribution in [0, 0.1) is 0 Å². The SMILES string of the molecule is CCC(C)(C)c1ccc(OC(C)C(N)=O)c(C(C)(C)CC)c1. The van der Waals surface area contributed by atoms with Crippen LogP contribution in [0.4, 0.5) is 0 Å². The molecule has 0 heterocycles. The monoisotopic (exact) mass is 305 g/mol. The van der Waals surface area contributed by atoms with Crippen LogP contribution in [0.2, 0.25) is 0 Å². The Morgan fingerprint density at radius 1 is 1.14 bits per heavy atom. The number of carbonyl (C=O) groups excluding carboxylic acids is 1. The van der Waals surface area contributed by atoms with Crippen molar-refractivity contribution in [3.05, 3.63) is 29.3 Å². The van der Waals surface area contributed by atoms with Gasteiger partial charge < -0.3 is 10.5 Å². The van der Waals surface area contributed by atoms with Crippen molar-refractivity contribution < 1.29 is 9.53 Å². The average molecular weight is 305 g/mol. The molecular formula is C19H31NO2. The van der Waals surface area contributed by atoms with Crippen molar-refractivity contribution in [3.8, 4) is 5.75 Å². The van der Waals surface area contributed by atoms with Crippen molar-refractivity contribution in [2.45, 2.75) is 78.2 Å². The molecule has 0 aromatic heterocycles. The summed E-state index contributed by atoms with van der Waals surface area (Å²) in [6, 6.07) is 6.32. The van der Waals surface area contributed by atoms with Gasteiger partial charge in [-0.25, -0.2) is 0 Å². The van der Waals surface area contributed by atoms with Gasteiger partial charge in [-0.05, 0) is 42.2 Å². The van der Waals surface area contributed by atoms with E-state index in [0.29, 0.717) is 0 Å². The highest BCUT2D eigenvalue weighted by molar-refractivity contribution is 5.78. The average Bonchev–Trinajstić information content (AvgIpc) is 2.47. The van der Waals surface area contributed by atoms with Crippen LogP contribution in [0.5, 0.6) is 5.75 Å². The van der Waals surface area contributed by atoms with E-state index in [-0.39, 0.29) is 10.8 Å². The molecule has 1 amide bonds. The van der Waals surface area contributed by atoms with Crippen LogP contribution in [0.3, 0.4) is 0 Å². The third kappa shape index (κ3) is 4.02. The van der Waals surface area contributed by atoms with Crippen molar-refractivity contribution in [1.82, 2.24) is 0 Å². The Hall–Kier alpha value is -1.51. The molecule has 1 aromatic carbocycles. The number of ether oxygens (including phenoxy) is 1. The first kappa shape index (κ1) is 18.5. The number of hydrogen-bond donors (Lipinski definition) is 1. The molecule has 124 valence electrons. The first-order valence-corrected chi connectivity index (χ1v) is 8.16. The topological polar surface area (TPSA) is 52.3 Å². The van der Waals surface area contributed by atoms with E-state index >= 15 is 0 Å². The quantitative estimate of drug-likeness (QED) is 0.816. The zero-order valence-corrected chi connectivity index (χ0v) is 15.1. The zero-order chi connectivity index (χ0) is 17.1. The van der Waals surface area contributed by atoms with Crippen molar-refractivity contribution in [3.63, 3.8) is 0 Å². The molecule has 22 heavy (non-hydrogen) atoms. The zero-order valence-electron chi connectivity index (χ0n) is 15.1. The molecule has 0 fully saturated rings. The number of amides is 1. The van der Waals surface area contributed by atoms with Gasteiger partial charge in [-0.15, -0.1) is 0 Å². The second kappa shape index (κ2) is 6.72. The molecule has 0 saturated heterocycles. The molecular weight excluding hydrogens is 274 g/mol. The molecule has 1 unspecified atom stereocenters. The summed E-state index contributed by atoms with van der Waals surface area (Å²) in [5.74, 6) is 0.312. The Balaban J connectivity index is 3.36. The van der Waals surface area contributed by atoms with E-state index in [1.54, 1.807) is 6.92 Å². The van der Waals surface area contributed by atoms with Gasteiger partial charge in [0.25, 0.3) is 5.91 Å². The lowest BCUT2D eigenvalue weighted by atomic mass is 9.76. The van der Waals surface area contributed by atoms with E-state index in [4.69, 9.17) is 10.5 Å². The fourth-order valence-corrected chi connectivity index (χ4v) is 2.23. The maximum Gasteiger partial charge on any atom is 0.258 e. The smallest absolute Gasteiger partial charge is 0.258 e. The summed E-state index contributed by atoms with van der Waals surface area (Å²) < 4.78 is 5.82. The fraction of sp³-hybridized carbons (Fsp3) is 0.632. The van der Waals surface area contributed by atoms with Crippen LogP contribution in [-0.2, 0) is 15.6 Å². The van der Waals surface area contributed by atoms with E-state index in [0.717, 1.165) is 24.2 Å². The van der Waals surface area contributed by atoms with Crippen LogP contribution in [-0.4, -0.2) is 12.0 Å². The summed E-state index contributed by atoms with van der Waals surface area (Å²) in [6.07, 6.45) is 1.43. The minimum absolute atomic E-state index is 0.0213. The minimum Gasteiger partial charge on any atom is -0.481 e. The number of rotatable bonds is 7. The largest absolute Gasteiger partial charge is 0.481 e. The Morgan fingerprint density at radius 2 is 1.68 bits per heavy atom. The van der Waals surface area contributed by atoms with Crippen LogP contribution in [0.15, 0.2) is 18.2 Å². The molecule has 3 heteroatoms. The molecule has 0 radical (unpaired) electrons. The Kier molecular flexibility index (Phi) is 5.66. The lowest BCUT2D eigenvalue weighted by Crippen LogP contribution is -2.32. The fourth-order valence-electron chi connectivity index (χ4n) is 2.23. The van der Waals surface area contributed by atoms with E-state index in [9.17, 15) is 4.79 Å². The van der Waals surface area contributed by atoms with E-state index in [2.05, 4.69) is 53.7 Å². The van der Waals surface area contributed by atoms with Gasteiger partial charge in [0.1, 0.15) is 5.75 Å². The van der Waals surface area contributed by atoms with Gasteiger partial charge in [0.2, 0.25) is 0 Å². The highest BCUT2D eigenvalue weighted by Crippen LogP contribution is 2.38. The first-order valence-electron chi connectivity index (χ1n) is 8.16. The van der Waals surface area contributed by atoms with Crippen LogP contribution < -0.4 is 10.5 Å². The molecule has 0 saturated carbocycles. The Labute approximate surface area is 135 Å². The number of benzene rings is 1. The second-order valence-corrected chi connectivity index (χ2v) is 7.35. The second-order valence-electron chi connectivity index (χ2n) is 7.35. The van der Waals surface area contributed by atoms with Gasteiger partial charge in [0, 0.05) is 5.56 Å². The van der Waals surface area contributed by atoms with Crippen molar-refractivity contribution in [2.75, 3.05) is 0 Å². The van der Waals surface area contributed by atoms with E-state index in [1.807, 2.05) is 6.07 Å². The van der Waals surface area contributed by atoms with Crippen LogP contribution in [0.25, 0.3) is 0 Å². The van der Waals surface area contributed by atoms with E-state index in [1.165, 1.54) is 5.56 Å². The molecule has 1 atom stereocenters. The summed E-state index contributed by atoms with van der Waals surface area (Å²) in [7, 11) is 0. The third-order valence-corrected chi connectivity index (χ3v) is 4.96. The van der Waals surface area contributed by atoms with Gasteiger partial charge in [0.05, 0.1) is 0 Å². The normalized spacial score (nSPS) is 13.8. The summed E-state index contributed by atoms with van der Waals surface area (Å²) in [6.45, 7) is 15.0. The number of primary amides is 1. The standard InChI is InChI=1S/C19H31NO2/c1-8-18(4,5)14-10-11-16(22-13(3)17(20)21)15(12-14)19(6,7)9-2/h10-13H,8-9H2,1-7H3,(H2,20,21). The molecule has 0 bridgehead atoms. The van der Waals surface area contributed by atoms with Crippen LogP contribution in [0.1, 0.15) is 72.4 Å². The number of nitrogens with two attached hydrogens (primary N) is 1. The summed E-state index contributed by atoms with van der Waals surface area (Å²) >= 11 is 0. The maximum absolute atomic E-state index is 11.3. The Morgan fingerprint density at radius 3 is 2.14 bits per heavy atom. The van der Waals surface area contributed by atoms with Gasteiger partial charge in [0.15, 0.2) is 6.10 Å². The molecule has 2 N–H and O–H groups in total. The maximum atomic E-state index is 11.3. The highest BCUT2D eigenvalue weighted by atomic mass is 16.5. The predicted octanol–water partition coefficient (Wildman–Crippen LogP) is 4.31. The minimum atomic E-state index is -0.628. The number of carbonyl (C=O) groups is 1. The van der Waals surface area contributed by atoms with E-state index < -0.39 is 12.0 Å². The summed E-state index contributed by atoms with van der Waals surface area (Å²) in [5.41, 5.74) is 7.87. The lowest BCUT2D eigenvalue weighted by molar-refractivity contribution is -0.124. The highest BCUT2D eigenvalue weighted by Gasteiger charge is 2.27. The molecule has 0 spiro atoms. The Bertz CT molecular complexity index is 532. The predicted molar refractivity (Wildman–Crippen MR) is 92.4 cm³/mol. The van der Waals surface area contributed by atoms with Gasteiger partial charge in [-0.1, -0.05) is 53.7 Å². The van der Waals surface area contributed by atoms with Crippen molar-refractivity contribution >= 4 is 5.91 Å².